The number of hydrogen-bond acceptors (Lipinski definition) is 7. The molecule has 2 heterocycles. The smallest absolute Gasteiger partial charge is 0.263 e. The predicted molar refractivity (Wildman–Crippen MR) is 153 cm³/mol. The van der Waals surface area contributed by atoms with Gasteiger partial charge in [-0.05, 0) is 61.2 Å². The van der Waals surface area contributed by atoms with Gasteiger partial charge in [-0.3, -0.25) is 18.9 Å². The number of methoxy groups -OCH3 is 1. The Bertz CT molecular complexity index is 1810. The van der Waals surface area contributed by atoms with Crippen molar-refractivity contribution in [3.8, 4) is 17.0 Å². The van der Waals surface area contributed by atoms with Gasteiger partial charge in [0.2, 0.25) is 11.8 Å². The Morgan fingerprint density at radius 3 is 2.63 bits per heavy atom. The van der Waals surface area contributed by atoms with E-state index in [0.29, 0.717) is 22.0 Å². The van der Waals surface area contributed by atoms with Crippen molar-refractivity contribution in [3.05, 3.63) is 76.2 Å². The average Bonchev–Trinajstić information content (AvgIpc) is 2.91. The number of carbonyl (C=O) groups excluding carboxylic acids is 1. The molecule has 0 radical (unpaired) electrons. The highest BCUT2D eigenvalue weighted by atomic mass is 35.5. The fourth-order valence-corrected chi connectivity index (χ4v) is 6.06. The molecule has 13 heteroatoms. The highest BCUT2D eigenvalue weighted by molar-refractivity contribution is 7.92. The molecule has 1 amide bonds. The number of benzene rings is 2. The van der Waals surface area contributed by atoms with E-state index in [9.17, 15) is 22.4 Å². The van der Waals surface area contributed by atoms with Crippen LogP contribution in [0, 0.1) is 11.7 Å². The first-order chi connectivity index (χ1) is 19.6. The van der Waals surface area contributed by atoms with Crippen molar-refractivity contribution in [3.63, 3.8) is 0 Å². The minimum Gasteiger partial charge on any atom is -0.480 e. The lowest BCUT2D eigenvalue weighted by atomic mass is 9.92. The van der Waals surface area contributed by atoms with E-state index in [0.717, 1.165) is 37.5 Å². The molecule has 5 rings (SSSR count). The first-order valence-corrected chi connectivity index (χ1v) is 14.7. The van der Waals surface area contributed by atoms with Crippen LogP contribution in [-0.2, 0) is 21.4 Å². The molecule has 0 unspecified atom stereocenters. The summed E-state index contributed by atoms with van der Waals surface area (Å²) in [6.07, 6.45) is 5.96. The van der Waals surface area contributed by atoms with E-state index in [1.54, 1.807) is 25.1 Å². The summed E-state index contributed by atoms with van der Waals surface area (Å²) in [5, 5.41) is 3.05. The maximum absolute atomic E-state index is 13.5. The van der Waals surface area contributed by atoms with Crippen molar-refractivity contribution in [1.29, 1.82) is 0 Å². The lowest BCUT2D eigenvalue weighted by Gasteiger charge is -2.27. The second-order valence-electron chi connectivity index (χ2n) is 9.93. The van der Waals surface area contributed by atoms with Gasteiger partial charge in [0.1, 0.15) is 16.4 Å². The summed E-state index contributed by atoms with van der Waals surface area (Å²) >= 11 is 5.98. The van der Waals surface area contributed by atoms with Crippen molar-refractivity contribution >= 4 is 44.1 Å². The van der Waals surface area contributed by atoms with Crippen LogP contribution in [0.1, 0.15) is 26.2 Å². The molecule has 214 valence electrons. The number of hydrogen-bond donors (Lipinski definition) is 2. The quantitative estimate of drug-likeness (QED) is 0.292. The van der Waals surface area contributed by atoms with Gasteiger partial charge in [-0.2, -0.15) is 0 Å². The monoisotopic (exact) mass is 599 g/mol. The second-order valence-corrected chi connectivity index (χ2v) is 12.0. The van der Waals surface area contributed by atoms with E-state index in [2.05, 4.69) is 20.0 Å². The standard InChI is InChI=1S/C28H27ClFN5O5S/c1-16(26(36)33-20-4-3-5-20)14-35-15-32-23-8-6-17(10-21(23)28(35)37)18-11-24(27(40-2)31-13-18)34-41(38,39)25-9-7-19(30)12-22(25)29/h6-13,15-16,20,34H,3-5,14H2,1-2H3,(H,33,36)/t16-/m1/s1. The summed E-state index contributed by atoms with van der Waals surface area (Å²) in [4.78, 5) is 34.2. The zero-order valence-electron chi connectivity index (χ0n) is 22.2. The number of nitrogens with one attached hydrogen (secondary N) is 2. The largest absolute Gasteiger partial charge is 0.480 e. The van der Waals surface area contributed by atoms with E-state index in [1.165, 1.54) is 30.3 Å². The van der Waals surface area contributed by atoms with Crippen LogP contribution in [0.5, 0.6) is 5.88 Å². The molecule has 4 aromatic rings. The van der Waals surface area contributed by atoms with Crippen LogP contribution < -0.4 is 20.3 Å². The van der Waals surface area contributed by atoms with E-state index in [1.807, 2.05) is 0 Å². The third-order valence-electron chi connectivity index (χ3n) is 7.00. The van der Waals surface area contributed by atoms with Gasteiger partial charge in [0.15, 0.2) is 0 Å². The van der Waals surface area contributed by atoms with E-state index < -0.39 is 21.8 Å². The Morgan fingerprint density at radius 1 is 1.17 bits per heavy atom. The fraction of sp³-hybridized carbons (Fsp3) is 0.286. The predicted octanol–water partition coefficient (Wildman–Crippen LogP) is 4.37. The molecule has 0 bridgehead atoms. The van der Waals surface area contributed by atoms with Crippen molar-refractivity contribution in [2.75, 3.05) is 11.8 Å². The Hall–Kier alpha value is -4.03. The van der Waals surface area contributed by atoms with Crippen LogP contribution in [0.2, 0.25) is 5.02 Å². The van der Waals surface area contributed by atoms with Crippen molar-refractivity contribution < 1.29 is 22.3 Å². The number of ether oxygens (including phenoxy) is 1. The number of pyridine rings is 1. The molecule has 0 saturated heterocycles. The topological polar surface area (TPSA) is 132 Å². The number of anilines is 1. The van der Waals surface area contributed by atoms with E-state index in [4.69, 9.17) is 16.3 Å². The number of rotatable bonds is 9. The number of carbonyl (C=O) groups is 1. The molecule has 2 aromatic carbocycles. The lowest BCUT2D eigenvalue weighted by Crippen LogP contribution is -2.43. The Morgan fingerprint density at radius 2 is 1.95 bits per heavy atom. The summed E-state index contributed by atoms with van der Waals surface area (Å²) in [6, 6.07) is 9.70. The average molecular weight is 600 g/mol. The zero-order valence-corrected chi connectivity index (χ0v) is 23.8. The van der Waals surface area contributed by atoms with Crippen LogP contribution in [0.15, 0.2) is 64.7 Å². The minimum absolute atomic E-state index is 0.00506. The SMILES string of the molecule is COc1ncc(-c2ccc3ncn(C[C@@H](C)C(=O)NC4CCC4)c(=O)c3c2)cc1NS(=O)(=O)c1ccc(F)cc1Cl. The summed E-state index contributed by atoms with van der Waals surface area (Å²) in [7, 11) is -2.89. The summed E-state index contributed by atoms with van der Waals surface area (Å²) < 4.78 is 48.6. The number of fused-ring (bicyclic) bond motifs is 1. The normalized spacial score (nSPS) is 14.3. The molecule has 10 nitrogen and oxygen atoms in total. The van der Waals surface area contributed by atoms with Gasteiger partial charge in [-0.15, -0.1) is 0 Å². The molecule has 1 aliphatic carbocycles. The fourth-order valence-electron chi connectivity index (χ4n) is 4.48. The first kappa shape index (κ1) is 28.5. The summed E-state index contributed by atoms with van der Waals surface area (Å²) in [5.41, 5.74) is 1.22. The molecule has 2 N–H and O–H groups in total. The van der Waals surface area contributed by atoms with Gasteiger partial charge in [0, 0.05) is 24.3 Å². The molecule has 1 saturated carbocycles. The van der Waals surface area contributed by atoms with Crippen LogP contribution in [-0.4, -0.2) is 42.0 Å². The van der Waals surface area contributed by atoms with Crippen LogP contribution in [0.3, 0.4) is 0 Å². The molecule has 41 heavy (non-hydrogen) atoms. The van der Waals surface area contributed by atoms with Crippen LogP contribution in [0.25, 0.3) is 22.0 Å². The first-order valence-electron chi connectivity index (χ1n) is 12.9. The summed E-state index contributed by atoms with van der Waals surface area (Å²) in [5.74, 6) is -1.20. The molecule has 2 aromatic heterocycles. The third kappa shape index (κ3) is 6.03. The molecule has 1 fully saturated rings. The van der Waals surface area contributed by atoms with Gasteiger partial charge >= 0.3 is 0 Å². The number of sulfonamides is 1. The number of nitrogens with zero attached hydrogens (tertiary/aromatic N) is 3. The molecular formula is C28H27ClFN5O5S. The van der Waals surface area contributed by atoms with Gasteiger partial charge in [-0.25, -0.2) is 22.8 Å². The Balaban J connectivity index is 1.45. The lowest BCUT2D eigenvalue weighted by molar-refractivity contribution is -0.126. The molecule has 1 aliphatic rings. The maximum Gasteiger partial charge on any atom is 0.263 e. The number of amides is 1. The van der Waals surface area contributed by atoms with Crippen LogP contribution in [0.4, 0.5) is 10.1 Å². The number of halogens is 2. The zero-order chi connectivity index (χ0) is 29.3. The Labute approximate surface area is 240 Å². The third-order valence-corrected chi connectivity index (χ3v) is 8.85. The van der Waals surface area contributed by atoms with Crippen molar-refractivity contribution in [2.45, 2.75) is 43.7 Å². The van der Waals surface area contributed by atoms with E-state index >= 15 is 0 Å². The van der Waals surface area contributed by atoms with Gasteiger partial charge in [0.25, 0.3) is 15.6 Å². The van der Waals surface area contributed by atoms with Crippen molar-refractivity contribution in [2.24, 2.45) is 5.92 Å². The molecule has 0 spiro atoms. The molecule has 1 atom stereocenters. The van der Waals surface area contributed by atoms with E-state index in [-0.39, 0.29) is 45.5 Å². The van der Waals surface area contributed by atoms with Crippen molar-refractivity contribution in [1.82, 2.24) is 19.9 Å². The highest BCUT2D eigenvalue weighted by Crippen LogP contribution is 2.32. The molecular weight excluding hydrogens is 573 g/mol. The minimum atomic E-state index is -4.23. The van der Waals surface area contributed by atoms with Crippen LogP contribution >= 0.6 is 11.6 Å². The molecule has 0 aliphatic heterocycles. The second kappa shape index (κ2) is 11.5. The Kier molecular flexibility index (Phi) is 7.96. The van der Waals surface area contributed by atoms with Gasteiger partial charge in [0.05, 0.1) is 35.3 Å². The van der Waals surface area contributed by atoms with Gasteiger partial charge < -0.3 is 10.1 Å². The number of aromatic nitrogens is 3. The highest BCUT2D eigenvalue weighted by Gasteiger charge is 2.24. The van der Waals surface area contributed by atoms with Gasteiger partial charge in [-0.1, -0.05) is 24.6 Å². The summed E-state index contributed by atoms with van der Waals surface area (Å²) in [6.45, 7) is 1.94. The maximum atomic E-state index is 13.5.